The number of halogens is 1. The molecule has 2 aromatic rings. The van der Waals surface area contributed by atoms with Crippen LogP contribution in [0.4, 0.5) is 9.18 Å². The molecule has 0 spiro atoms. The first-order valence-electron chi connectivity index (χ1n) is 9.83. The van der Waals surface area contributed by atoms with Crippen molar-refractivity contribution in [3.05, 3.63) is 64.3 Å². The third kappa shape index (κ3) is 5.11. The molecule has 0 saturated carbocycles. The lowest BCUT2D eigenvalue weighted by Crippen LogP contribution is -2.42. The Bertz CT molecular complexity index is 1070. The average molecular weight is 459 g/mol. The molecule has 1 aliphatic heterocycles. The van der Waals surface area contributed by atoms with Gasteiger partial charge in [0.15, 0.2) is 11.5 Å². The first kappa shape index (κ1) is 23.3. The SMILES string of the molecule is CCOc1cc(C=C2SC(=O)N(C(C)C(=O)OC)C2=O)ccc1OCc1ccccc1F. The first-order valence-corrected chi connectivity index (χ1v) is 10.6. The van der Waals surface area contributed by atoms with Gasteiger partial charge in [0.05, 0.1) is 18.6 Å². The summed E-state index contributed by atoms with van der Waals surface area (Å²) in [5.41, 5.74) is 1.01. The molecule has 2 aromatic carbocycles. The van der Waals surface area contributed by atoms with Crippen molar-refractivity contribution in [1.82, 2.24) is 4.90 Å². The second-order valence-corrected chi connectivity index (χ2v) is 7.76. The Balaban J connectivity index is 1.81. The van der Waals surface area contributed by atoms with Crippen LogP contribution >= 0.6 is 11.8 Å². The van der Waals surface area contributed by atoms with Crippen LogP contribution in [-0.2, 0) is 20.9 Å². The van der Waals surface area contributed by atoms with Gasteiger partial charge in [-0.05, 0) is 55.4 Å². The van der Waals surface area contributed by atoms with E-state index in [2.05, 4.69) is 4.74 Å². The van der Waals surface area contributed by atoms with Crippen molar-refractivity contribution in [3.63, 3.8) is 0 Å². The lowest BCUT2D eigenvalue weighted by Gasteiger charge is -2.18. The summed E-state index contributed by atoms with van der Waals surface area (Å²) in [6.07, 6.45) is 1.54. The van der Waals surface area contributed by atoms with E-state index >= 15 is 0 Å². The Morgan fingerprint density at radius 2 is 1.91 bits per heavy atom. The lowest BCUT2D eigenvalue weighted by atomic mass is 10.1. The van der Waals surface area contributed by atoms with E-state index in [-0.39, 0.29) is 17.3 Å². The molecule has 1 heterocycles. The fourth-order valence-corrected chi connectivity index (χ4v) is 3.92. The van der Waals surface area contributed by atoms with Gasteiger partial charge < -0.3 is 14.2 Å². The van der Waals surface area contributed by atoms with Crippen LogP contribution in [0, 0.1) is 5.82 Å². The van der Waals surface area contributed by atoms with Crippen molar-refractivity contribution in [2.24, 2.45) is 0 Å². The molecule has 168 valence electrons. The van der Waals surface area contributed by atoms with Crippen molar-refractivity contribution in [2.75, 3.05) is 13.7 Å². The third-order valence-corrected chi connectivity index (χ3v) is 5.54. The number of nitrogens with zero attached hydrogens (tertiary/aromatic N) is 1. The maximum Gasteiger partial charge on any atom is 0.328 e. The third-order valence-electron chi connectivity index (χ3n) is 4.66. The number of esters is 1. The summed E-state index contributed by atoms with van der Waals surface area (Å²) in [5, 5.41) is -0.547. The lowest BCUT2D eigenvalue weighted by molar-refractivity contribution is -0.148. The predicted octanol–water partition coefficient (Wildman–Crippen LogP) is 4.40. The number of ether oxygens (including phenoxy) is 3. The molecule has 2 amide bonds. The summed E-state index contributed by atoms with van der Waals surface area (Å²) in [4.78, 5) is 37.7. The minimum absolute atomic E-state index is 0.0242. The zero-order chi connectivity index (χ0) is 23.3. The molecule has 3 rings (SSSR count). The van der Waals surface area contributed by atoms with Crippen LogP contribution < -0.4 is 9.47 Å². The number of imide groups is 1. The zero-order valence-corrected chi connectivity index (χ0v) is 18.6. The minimum atomic E-state index is -1.02. The fourth-order valence-electron chi connectivity index (χ4n) is 3.01. The van der Waals surface area contributed by atoms with Crippen LogP contribution in [0.25, 0.3) is 6.08 Å². The molecule has 32 heavy (non-hydrogen) atoms. The molecular weight excluding hydrogens is 437 g/mol. The number of methoxy groups -OCH3 is 1. The van der Waals surface area contributed by atoms with E-state index in [1.165, 1.54) is 26.2 Å². The number of hydrogen-bond acceptors (Lipinski definition) is 7. The Hall–Kier alpha value is -3.33. The summed E-state index contributed by atoms with van der Waals surface area (Å²) >= 11 is 0.742. The molecule has 7 nitrogen and oxygen atoms in total. The van der Waals surface area contributed by atoms with Crippen LogP contribution in [0.15, 0.2) is 47.4 Å². The normalized spacial score (nSPS) is 15.8. The van der Waals surface area contributed by atoms with Gasteiger partial charge in [0.1, 0.15) is 18.5 Å². The van der Waals surface area contributed by atoms with Gasteiger partial charge in [-0.2, -0.15) is 0 Å². The van der Waals surface area contributed by atoms with E-state index in [4.69, 9.17) is 9.47 Å². The number of carbonyl (C=O) groups excluding carboxylic acids is 3. The van der Waals surface area contributed by atoms with Gasteiger partial charge >= 0.3 is 5.97 Å². The van der Waals surface area contributed by atoms with Gasteiger partial charge in [0.25, 0.3) is 11.1 Å². The van der Waals surface area contributed by atoms with Crippen LogP contribution in [-0.4, -0.2) is 41.8 Å². The topological polar surface area (TPSA) is 82.1 Å². The minimum Gasteiger partial charge on any atom is -0.490 e. The van der Waals surface area contributed by atoms with Crippen molar-refractivity contribution in [1.29, 1.82) is 0 Å². The monoisotopic (exact) mass is 459 g/mol. The molecular formula is C23H22FNO6S. The fraction of sp³-hybridized carbons (Fsp3) is 0.261. The maximum absolute atomic E-state index is 13.8. The van der Waals surface area contributed by atoms with Gasteiger partial charge in [0.2, 0.25) is 0 Å². The predicted molar refractivity (Wildman–Crippen MR) is 118 cm³/mol. The Labute approximate surface area is 189 Å². The summed E-state index contributed by atoms with van der Waals surface area (Å²) in [6, 6.07) is 10.3. The van der Waals surface area contributed by atoms with E-state index in [1.807, 2.05) is 6.92 Å². The molecule has 0 aromatic heterocycles. The van der Waals surface area contributed by atoms with Crippen molar-refractivity contribution in [2.45, 2.75) is 26.5 Å². The molecule has 1 fully saturated rings. The number of benzene rings is 2. The molecule has 1 unspecified atom stereocenters. The van der Waals surface area contributed by atoms with Gasteiger partial charge in [-0.25, -0.2) is 9.18 Å². The number of thioether (sulfide) groups is 1. The van der Waals surface area contributed by atoms with Gasteiger partial charge in [0, 0.05) is 5.56 Å². The number of amides is 2. The second-order valence-electron chi connectivity index (χ2n) is 6.77. The zero-order valence-electron chi connectivity index (χ0n) is 17.8. The average Bonchev–Trinajstić information content (AvgIpc) is 3.06. The molecule has 0 aliphatic carbocycles. The highest BCUT2D eigenvalue weighted by Crippen LogP contribution is 2.36. The second kappa shape index (κ2) is 10.3. The standard InChI is InChI=1S/C23H22FNO6S/c1-4-30-19-11-15(9-10-18(19)31-13-16-7-5-6-8-17(16)24)12-20-21(26)25(23(28)32-20)14(2)22(27)29-3/h5-12,14H,4,13H2,1-3H3. The summed E-state index contributed by atoms with van der Waals surface area (Å²) in [6.45, 7) is 3.63. The van der Waals surface area contributed by atoms with E-state index in [9.17, 15) is 18.8 Å². The Morgan fingerprint density at radius 1 is 1.16 bits per heavy atom. The number of carbonyl (C=O) groups is 3. The molecule has 0 bridgehead atoms. The quantitative estimate of drug-likeness (QED) is 0.427. The van der Waals surface area contributed by atoms with Gasteiger partial charge in [-0.15, -0.1) is 0 Å². The summed E-state index contributed by atoms with van der Waals surface area (Å²) in [5.74, 6) is -0.780. The van der Waals surface area contributed by atoms with Crippen LogP contribution in [0.1, 0.15) is 25.0 Å². The Morgan fingerprint density at radius 3 is 2.59 bits per heavy atom. The van der Waals surface area contributed by atoms with Crippen LogP contribution in [0.3, 0.4) is 0 Å². The molecule has 1 atom stereocenters. The van der Waals surface area contributed by atoms with Crippen molar-refractivity contribution < 1.29 is 33.0 Å². The van der Waals surface area contributed by atoms with E-state index in [0.717, 1.165) is 16.7 Å². The summed E-state index contributed by atoms with van der Waals surface area (Å²) in [7, 11) is 1.19. The van der Waals surface area contributed by atoms with Crippen LogP contribution in [0.5, 0.6) is 11.5 Å². The molecule has 0 N–H and O–H groups in total. The highest BCUT2D eigenvalue weighted by atomic mass is 32.2. The van der Waals surface area contributed by atoms with Gasteiger partial charge in [-0.3, -0.25) is 14.5 Å². The largest absolute Gasteiger partial charge is 0.490 e. The van der Waals surface area contributed by atoms with Crippen molar-refractivity contribution in [3.8, 4) is 11.5 Å². The molecule has 1 aliphatic rings. The smallest absolute Gasteiger partial charge is 0.328 e. The van der Waals surface area contributed by atoms with E-state index in [1.54, 1.807) is 36.4 Å². The molecule has 1 saturated heterocycles. The maximum atomic E-state index is 13.8. The highest BCUT2D eigenvalue weighted by molar-refractivity contribution is 8.18. The Kier molecular flexibility index (Phi) is 7.53. The first-order chi connectivity index (χ1) is 15.3. The summed E-state index contributed by atoms with van der Waals surface area (Å²) < 4.78 is 29.8. The van der Waals surface area contributed by atoms with Gasteiger partial charge in [-0.1, -0.05) is 24.3 Å². The molecule has 9 heteroatoms. The van der Waals surface area contributed by atoms with Crippen LogP contribution in [0.2, 0.25) is 0 Å². The number of rotatable bonds is 8. The van der Waals surface area contributed by atoms with Crippen molar-refractivity contribution >= 4 is 35.0 Å². The highest BCUT2D eigenvalue weighted by Gasteiger charge is 2.41. The van der Waals surface area contributed by atoms with E-state index in [0.29, 0.717) is 29.2 Å². The molecule has 0 radical (unpaired) electrons. The number of hydrogen-bond donors (Lipinski definition) is 0. The van der Waals surface area contributed by atoms with E-state index < -0.39 is 23.2 Å².